The van der Waals surface area contributed by atoms with Crippen LogP contribution in [0.3, 0.4) is 0 Å². The van der Waals surface area contributed by atoms with Crippen molar-refractivity contribution in [2.24, 2.45) is 0 Å². The van der Waals surface area contributed by atoms with Gasteiger partial charge in [-0.15, -0.1) is 0 Å². The molecule has 0 aliphatic carbocycles. The Labute approximate surface area is 94.4 Å². The number of carbonyl (C=O) groups is 1. The van der Waals surface area contributed by atoms with E-state index in [9.17, 15) is 4.79 Å². The molecule has 1 heterocycles. The molecule has 0 spiro atoms. The van der Waals surface area contributed by atoms with Crippen LogP contribution >= 0.6 is 0 Å². The molecule has 2 rings (SSSR count). The SMILES string of the molecule is C=Cc1ccc2c(c1)C(=O)OC2CCCO. The van der Waals surface area contributed by atoms with Crippen LogP contribution in [0, 0.1) is 0 Å². The van der Waals surface area contributed by atoms with Gasteiger partial charge in [0.1, 0.15) is 6.10 Å². The second kappa shape index (κ2) is 4.49. The second-order valence-corrected chi connectivity index (χ2v) is 3.81. The number of carbonyl (C=O) groups excluding carboxylic acids is 1. The molecule has 0 radical (unpaired) electrons. The Hall–Kier alpha value is -1.61. The highest BCUT2D eigenvalue weighted by atomic mass is 16.5. The smallest absolute Gasteiger partial charge is 0.339 e. The largest absolute Gasteiger partial charge is 0.454 e. The Kier molecular flexibility index (Phi) is 3.06. The zero-order valence-electron chi connectivity index (χ0n) is 8.98. The molecular weight excluding hydrogens is 204 g/mol. The summed E-state index contributed by atoms with van der Waals surface area (Å²) in [6, 6.07) is 5.61. The molecule has 3 nitrogen and oxygen atoms in total. The zero-order chi connectivity index (χ0) is 11.5. The van der Waals surface area contributed by atoms with Crippen molar-refractivity contribution in [2.75, 3.05) is 6.61 Å². The second-order valence-electron chi connectivity index (χ2n) is 3.81. The van der Waals surface area contributed by atoms with Gasteiger partial charge in [0.05, 0.1) is 5.56 Å². The van der Waals surface area contributed by atoms with Gasteiger partial charge in [-0.3, -0.25) is 0 Å². The van der Waals surface area contributed by atoms with E-state index in [1.54, 1.807) is 12.1 Å². The normalized spacial score (nSPS) is 18.1. The molecule has 1 aliphatic rings. The number of aliphatic hydroxyl groups is 1. The summed E-state index contributed by atoms with van der Waals surface area (Å²) in [7, 11) is 0. The number of rotatable bonds is 4. The fourth-order valence-corrected chi connectivity index (χ4v) is 1.91. The highest BCUT2D eigenvalue weighted by molar-refractivity contribution is 5.94. The van der Waals surface area contributed by atoms with Crippen molar-refractivity contribution in [2.45, 2.75) is 18.9 Å². The fraction of sp³-hybridized carbons (Fsp3) is 0.308. The van der Waals surface area contributed by atoms with Crippen LogP contribution in [0.25, 0.3) is 6.08 Å². The van der Waals surface area contributed by atoms with E-state index >= 15 is 0 Å². The van der Waals surface area contributed by atoms with Crippen molar-refractivity contribution in [1.82, 2.24) is 0 Å². The van der Waals surface area contributed by atoms with Crippen molar-refractivity contribution < 1.29 is 14.6 Å². The van der Waals surface area contributed by atoms with E-state index in [0.717, 1.165) is 11.1 Å². The molecular formula is C13H14O3. The van der Waals surface area contributed by atoms with Gasteiger partial charge in [-0.25, -0.2) is 4.79 Å². The molecule has 0 amide bonds. The summed E-state index contributed by atoms with van der Waals surface area (Å²) >= 11 is 0. The van der Waals surface area contributed by atoms with Gasteiger partial charge < -0.3 is 9.84 Å². The van der Waals surface area contributed by atoms with Crippen LogP contribution < -0.4 is 0 Å². The van der Waals surface area contributed by atoms with Crippen molar-refractivity contribution >= 4 is 12.0 Å². The molecule has 0 bridgehead atoms. The van der Waals surface area contributed by atoms with Gasteiger partial charge in [0.15, 0.2) is 0 Å². The van der Waals surface area contributed by atoms with Crippen molar-refractivity contribution in [1.29, 1.82) is 0 Å². The van der Waals surface area contributed by atoms with Gasteiger partial charge >= 0.3 is 5.97 Å². The topological polar surface area (TPSA) is 46.5 Å². The van der Waals surface area contributed by atoms with Gasteiger partial charge in [0.2, 0.25) is 0 Å². The standard InChI is InChI=1S/C13H14O3/c1-2-9-5-6-10-11(8-9)13(15)16-12(10)4-3-7-14/h2,5-6,8,12,14H,1,3-4,7H2. The highest BCUT2D eigenvalue weighted by Gasteiger charge is 2.30. The molecule has 0 saturated heterocycles. The monoisotopic (exact) mass is 218 g/mol. The predicted octanol–water partition coefficient (Wildman–Crippen LogP) is 2.31. The first-order valence-corrected chi connectivity index (χ1v) is 5.34. The summed E-state index contributed by atoms with van der Waals surface area (Å²) in [5, 5.41) is 8.77. The molecule has 0 fully saturated rings. The van der Waals surface area contributed by atoms with E-state index in [1.165, 1.54) is 0 Å². The first kappa shape index (κ1) is 10.9. The molecule has 1 N–H and O–H groups in total. The van der Waals surface area contributed by atoms with Crippen LogP contribution in [-0.4, -0.2) is 17.7 Å². The molecule has 1 unspecified atom stereocenters. The van der Waals surface area contributed by atoms with Gasteiger partial charge in [-0.05, 0) is 24.5 Å². The number of fused-ring (bicyclic) bond motifs is 1. The van der Waals surface area contributed by atoms with Crippen LogP contribution in [0.4, 0.5) is 0 Å². The molecule has 0 saturated carbocycles. The van der Waals surface area contributed by atoms with Gasteiger partial charge in [0.25, 0.3) is 0 Å². The Balaban J connectivity index is 2.28. The van der Waals surface area contributed by atoms with E-state index < -0.39 is 0 Å². The quantitative estimate of drug-likeness (QED) is 0.789. The van der Waals surface area contributed by atoms with Crippen LogP contribution in [0.2, 0.25) is 0 Å². The molecule has 3 heteroatoms. The maximum atomic E-state index is 11.6. The number of ether oxygens (including phenoxy) is 1. The van der Waals surface area contributed by atoms with Gasteiger partial charge in [-0.2, -0.15) is 0 Å². The van der Waals surface area contributed by atoms with E-state index in [2.05, 4.69) is 6.58 Å². The minimum absolute atomic E-state index is 0.119. The fourth-order valence-electron chi connectivity index (χ4n) is 1.91. The molecule has 1 atom stereocenters. The Morgan fingerprint density at radius 1 is 1.50 bits per heavy atom. The van der Waals surface area contributed by atoms with Crippen LogP contribution in [-0.2, 0) is 4.74 Å². The number of benzene rings is 1. The Bertz CT molecular complexity index is 423. The average molecular weight is 218 g/mol. The first-order chi connectivity index (χ1) is 7.76. The third kappa shape index (κ3) is 1.86. The minimum Gasteiger partial charge on any atom is -0.454 e. The van der Waals surface area contributed by atoms with Crippen LogP contribution in [0.15, 0.2) is 24.8 Å². The van der Waals surface area contributed by atoms with E-state index in [-0.39, 0.29) is 18.7 Å². The lowest BCUT2D eigenvalue weighted by Crippen LogP contribution is -1.99. The summed E-state index contributed by atoms with van der Waals surface area (Å²) in [5.41, 5.74) is 2.46. The third-order valence-electron chi connectivity index (χ3n) is 2.75. The molecule has 1 aliphatic heterocycles. The predicted molar refractivity (Wildman–Crippen MR) is 61.0 cm³/mol. The van der Waals surface area contributed by atoms with Crippen LogP contribution in [0.1, 0.15) is 40.4 Å². The minimum atomic E-state index is -0.276. The lowest BCUT2D eigenvalue weighted by molar-refractivity contribution is 0.0354. The number of cyclic esters (lactones) is 1. The molecule has 1 aromatic rings. The number of hydrogen-bond donors (Lipinski definition) is 1. The maximum absolute atomic E-state index is 11.6. The molecule has 1 aromatic carbocycles. The van der Waals surface area contributed by atoms with E-state index in [4.69, 9.17) is 9.84 Å². The molecule has 84 valence electrons. The summed E-state index contributed by atoms with van der Waals surface area (Å²) in [4.78, 5) is 11.6. The average Bonchev–Trinajstić information content (AvgIpc) is 2.63. The molecule has 16 heavy (non-hydrogen) atoms. The summed E-state index contributed by atoms with van der Waals surface area (Å²) in [6.45, 7) is 3.78. The van der Waals surface area contributed by atoms with Crippen molar-refractivity contribution in [3.8, 4) is 0 Å². The number of aliphatic hydroxyl groups excluding tert-OH is 1. The number of hydrogen-bond acceptors (Lipinski definition) is 3. The van der Waals surface area contributed by atoms with E-state index in [0.29, 0.717) is 18.4 Å². The Morgan fingerprint density at radius 2 is 2.31 bits per heavy atom. The maximum Gasteiger partial charge on any atom is 0.339 e. The van der Waals surface area contributed by atoms with Crippen molar-refractivity contribution in [3.63, 3.8) is 0 Å². The highest BCUT2D eigenvalue weighted by Crippen LogP contribution is 2.34. The number of esters is 1. The summed E-state index contributed by atoms with van der Waals surface area (Å²) in [5.74, 6) is -0.276. The Morgan fingerprint density at radius 3 is 3.00 bits per heavy atom. The summed E-state index contributed by atoms with van der Waals surface area (Å²) < 4.78 is 5.25. The summed E-state index contributed by atoms with van der Waals surface area (Å²) in [6.07, 6.45) is 2.81. The lowest BCUT2D eigenvalue weighted by atomic mass is 9.99. The first-order valence-electron chi connectivity index (χ1n) is 5.34. The third-order valence-corrected chi connectivity index (χ3v) is 2.75. The van der Waals surface area contributed by atoms with Gasteiger partial charge in [0, 0.05) is 12.2 Å². The van der Waals surface area contributed by atoms with Gasteiger partial charge in [-0.1, -0.05) is 24.8 Å². The van der Waals surface area contributed by atoms with E-state index in [1.807, 2.05) is 12.1 Å². The van der Waals surface area contributed by atoms with Crippen molar-refractivity contribution in [3.05, 3.63) is 41.5 Å². The van der Waals surface area contributed by atoms with Crippen LogP contribution in [0.5, 0.6) is 0 Å². The lowest BCUT2D eigenvalue weighted by Gasteiger charge is -2.09. The zero-order valence-corrected chi connectivity index (χ0v) is 8.98. The molecule has 0 aromatic heterocycles.